The number of aliphatic hydroxyl groups excluding tert-OH is 1. The third-order valence-electron chi connectivity index (χ3n) is 3.18. The number of hydrogen-bond acceptors (Lipinski definition) is 5. The summed E-state index contributed by atoms with van der Waals surface area (Å²) in [6, 6.07) is 0. The van der Waals surface area contributed by atoms with Gasteiger partial charge in [-0.15, -0.1) is 0 Å². The van der Waals surface area contributed by atoms with Crippen LogP contribution in [0.25, 0.3) is 0 Å². The lowest BCUT2D eigenvalue weighted by atomic mass is 10.2. The van der Waals surface area contributed by atoms with Crippen LogP contribution in [0.5, 0.6) is 0 Å². The van der Waals surface area contributed by atoms with Gasteiger partial charge in [-0.2, -0.15) is 4.98 Å². The summed E-state index contributed by atoms with van der Waals surface area (Å²) < 4.78 is 4.94. The van der Waals surface area contributed by atoms with Gasteiger partial charge in [-0.1, -0.05) is 5.16 Å². The van der Waals surface area contributed by atoms with Crippen LogP contribution in [-0.4, -0.2) is 45.8 Å². The zero-order valence-corrected chi connectivity index (χ0v) is 10.8. The highest BCUT2D eigenvalue weighted by Crippen LogP contribution is 2.32. The van der Waals surface area contributed by atoms with E-state index in [9.17, 15) is 9.90 Å². The molecule has 0 aromatic carbocycles. The fourth-order valence-corrected chi connectivity index (χ4v) is 1.86. The second kappa shape index (κ2) is 5.48. The Labute approximate surface area is 106 Å². The fourth-order valence-electron chi connectivity index (χ4n) is 1.86. The van der Waals surface area contributed by atoms with Gasteiger partial charge in [0.05, 0.1) is 6.10 Å². The van der Waals surface area contributed by atoms with E-state index >= 15 is 0 Å². The highest BCUT2D eigenvalue weighted by atomic mass is 16.5. The summed E-state index contributed by atoms with van der Waals surface area (Å²) in [6.45, 7) is 2.15. The Morgan fingerprint density at radius 1 is 1.61 bits per heavy atom. The van der Waals surface area contributed by atoms with Crippen molar-refractivity contribution in [3.05, 3.63) is 11.7 Å². The summed E-state index contributed by atoms with van der Waals surface area (Å²) >= 11 is 0. The molecule has 1 atom stereocenters. The van der Waals surface area contributed by atoms with Gasteiger partial charge in [0, 0.05) is 26.4 Å². The Morgan fingerprint density at radius 2 is 2.33 bits per heavy atom. The number of aromatic nitrogens is 2. The molecule has 1 fully saturated rings. The Bertz CT molecular complexity index is 414. The van der Waals surface area contributed by atoms with E-state index in [4.69, 9.17) is 4.52 Å². The van der Waals surface area contributed by atoms with Crippen molar-refractivity contribution < 1.29 is 14.4 Å². The van der Waals surface area contributed by atoms with E-state index in [0.29, 0.717) is 37.0 Å². The molecule has 1 aromatic rings. The van der Waals surface area contributed by atoms with E-state index in [0.717, 1.165) is 12.8 Å². The van der Waals surface area contributed by atoms with Gasteiger partial charge in [0.2, 0.25) is 11.8 Å². The molecule has 0 radical (unpaired) electrons. The van der Waals surface area contributed by atoms with Crippen molar-refractivity contribution in [1.29, 1.82) is 0 Å². The highest BCUT2D eigenvalue weighted by Gasteiger charge is 2.31. The molecule has 1 aliphatic rings. The lowest BCUT2D eigenvalue weighted by Gasteiger charge is -2.20. The number of likely N-dealkylation sites (N-methyl/N-ethyl adjacent to an activating group) is 1. The van der Waals surface area contributed by atoms with Crippen molar-refractivity contribution >= 4 is 5.91 Å². The predicted octanol–water partition coefficient (Wildman–Crippen LogP) is 0.540. The van der Waals surface area contributed by atoms with Crippen molar-refractivity contribution in [1.82, 2.24) is 15.0 Å². The standard InChI is InChI=1S/C12H19N3O3/c1-8-13-11(18-14-8)5-6-12(17)15(2)7-10(16)9-3-4-9/h9-10,16H,3-7H2,1-2H3. The van der Waals surface area contributed by atoms with Crippen LogP contribution in [-0.2, 0) is 11.2 Å². The number of carbonyl (C=O) groups is 1. The molecule has 1 aliphatic carbocycles. The molecule has 1 heterocycles. The first-order valence-electron chi connectivity index (χ1n) is 6.27. The van der Waals surface area contributed by atoms with E-state index in [1.807, 2.05) is 0 Å². The molecule has 6 nitrogen and oxygen atoms in total. The highest BCUT2D eigenvalue weighted by molar-refractivity contribution is 5.76. The van der Waals surface area contributed by atoms with Gasteiger partial charge in [-0.3, -0.25) is 4.79 Å². The van der Waals surface area contributed by atoms with Gasteiger partial charge in [-0.25, -0.2) is 0 Å². The molecule has 2 rings (SSSR count). The van der Waals surface area contributed by atoms with Crippen molar-refractivity contribution in [2.45, 2.75) is 38.7 Å². The van der Waals surface area contributed by atoms with Crippen molar-refractivity contribution in [2.24, 2.45) is 5.92 Å². The Hall–Kier alpha value is -1.43. The first kappa shape index (κ1) is 13.0. The van der Waals surface area contributed by atoms with E-state index in [1.54, 1.807) is 18.9 Å². The van der Waals surface area contributed by atoms with Crippen molar-refractivity contribution in [3.8, 4) is 0 Å². The molecule has 1 amide bonds. The summed E-state index contributed by atoms with van der Waals surface area (Å²) in [5, 5.41) is 13.4. The van der Waals surface area contributed by atoms with Crippen LogP contribution < -0.4 is 0 Å². The van der Waals surface area contributed by atoms with E-state index < -0.39 is 0 Å². The van der Waals surface area contributed by atoms with Gasteiger partial charge in [0.1, 0.15) is 0 Å². The monoisotopic (exact) mass is 253 g/mol. The maximum atomic E-state index is 11.8. The molecule has 18 heavy (non-hydrogen) atoms. The summed E-state index contributed by atoms with van der Waals surface area (Å²) in [6.07, 6.45) is 2.54. The second-order valence-electron chi connectivity index (χ2n) is 4.91. The largest absolute Gasteiger partial charge is 0.391 e. The molecule has 6 heteroatoms. The fraction of sp³-hybridized carbons (Fsp3) is 0.750. The normalized spacial score (nSPS) is 16.6. The number of amides is 1. The molecule has 1 saturated carbocycles. The van der Waals surface area contributed by atoms with Crippen LogP contribution in [0, 0.1) is 12.8 Å². The first-order valence-corrected chi connectivity index (χ1v) is 6.27. The van der Waals surface area contributed by atoms with E-state index in [2.05, 4.69) is 10.1 Å². The Morgan fingerprint density at radius 3 is 2.89 bits per heavy atom. The van der Waals surface area contributed by atoms with Crippen LogP contribution in [0.2, 0.25) is 0 Å². The van der Waals surface area contributed by atoms with Gasteiger partial charge in [0.25, 0.3) is 0 Å². The Balaban J connectivity index is 1.73. The molecule has 0 spiro atoms. The maximum Gasteiger partial charge on any atom is 0.227 e. The van der Waals surface area contributed by atoms with Crippen LogP contribution in [0.4, 0.5) is 0 Å². The molecular formula is C12H19N3O3. The van der Waals surface area contributed by atoms with Crippen LogP contribution >= 0.6 is 0 Å². The molecule has 0 bridgehead atoms. The lowest BCUT2D eigenvalue weighted by molar-refractivity contribution is -0.131. The van der Waals surface area contributed by atoms with Gasteiger partial charge in [0.15, 0.2) is 5.82 Å². The van der Waals surface area contributed by atoms with Crippen molar-refractivity contribution in [3.63, 3.8) is 0 Å². The smallest absolute Gasteiger partial charge is 0.227 e. The average molecular weight is 253 g/mol. The first-order chi connectivity index (χ1) is 8.56. The van der Waals surface area contributed by atoms with Gasteiger partial charge >= 0.3 is 0 Å². The zero-order chi connectivity index (χ0) is 13.1. The number of aryl methyl sites for hydroxylation is 2. The average Bonchev–Trinajstić information content (AvgIpc) is 3.10. The quantitative estimate of drug-likeness (QED) is 0.800. The summed E-state index contributed by atoms with van der Waals surface area (Å²) in [5.41, 5.74) is 0. The summed E-state index contributed by atoms with van der Waals surface area (Å²) in [7, 11) is 1.72. The molecule has 0 saturated heterocycles. The SMILES string of the molecule is Cc1noc(CCC(=O)N(C)CC(O)C2CC2)n1. The third-order valence-corrected chi connectivity index (χ3v) is 3.18. The lowest BCUT2D eigenvalue weighted by Crippen LogP contribution is -2.35. The van der Waals surface area contributed by atoms with E-state index in [1.165, 1.54) is 0 Å². The van der Waals surface area contributed by atoms with Crippen molar-refractivity contribution in [2.75, 3.05) is 13.6 Å². The Kier molecular flexibility index (Phi) is 3.96. The molecule has 1 N–H and O–H groups in total. The second-order valence-corrected chi connectivity index (χ2v) is 4.91. The maximum absolute atomic E-state index is 11.8. The zero-order valence-electron chi connectivity index (χ0n) is 10.8. The summed E-state index contributed by atoms with van der Waals surface area (Å²) in [5.74, 6) is 1.44. The minimum absolute atomic E-state index is 0.00875. The number of aliphatic hydroxyl groups is 1. The molecule has 0 aliphatic heterocycles. The molecule has 100 valence electrons. The minimum Gasteiger partial charge on any atom is -0.391 e. The summed E-state index contributed by atoms with van der Waals surface area (Å²) in [4.78, 5) is 17.4. The molecule has 1 unspecified atom stereocenters. The van der Waals surface area contributed by atoms with E-state index in [-0.39, 0.29) is 12.0 Å². The topological polar surface area (TPSA) is 79.5 Å². The number of carbonyl (C=O) groups excluding carboxylic acids is 1. The minimum atomic E-state index is -0.385. The molecule has 1 aromatic heterocycles. The number of hydrogen-bond donors (Lipinski definition) is 1. The van der Waals surface area contributed by atoms with Crippen LogP contribution in [0.1, 0.15) is 31.0 Å². The predicted molar refractivity (Wildman–Crippen MR) is 63.7 cm³/mol. The third kappa shape index (κ3) is 3.53. The van der Waals surface area contributed by atoms with Crippen LogP contribution in [0.15, 0.2) is 4.52 Å². The van der Waals surface area contributed by atoms with Gasteiger partial charge in [-0.05, 0) is 25.7 Å². The van der Waals surface area contributed by atoms with Crippen LogP contribution in [0.3, 0.4) is 0 Å². The number of rotatable bonds is 6. The van der Waals surface area contributed by atoms with Gasteiger partial charge < -0.3 is 14.5 Å². The molecular weight excluding hydrogens is 234 g/mol. The number of nitrogens with zero attached hydrogens (tertiary/aromatic N) is 3.